The normalized spacial score (nSPS) is 11.4. The van der Waals surface area contributed by atoms with Crippen LogP contribution in [0.15, 0.2) is 28.4 Å². The summed E-state index contributed by atoms with van der Waals surface area (Å²) in [4.78, 5) is 25.5. The lowest BCUT2D eigenvalue weighted by Gasteiger charge is -2.25. The Morgan fingerprint density at radius 1 is 0.875 bits per heavy atom. The number of amides is 1. The summed E-state index contributed by atoms with van der Waals surface area (Å²) in [7, 11) is 0. The number of aliphatic hydroxyl groups is 2. The summed E-state index contributed by atoms with van der Waals surface area (Å²) in [6.45, 7) is 7.53. The van der Waals surface area contributed by atoms with E-state index in [2.05, 4.69) is 15.1 Å². The number of nitrogens with two attached hydrogens (primary N) is 1. The summed E-state index contributed by atoms with van der Waals surface area (Å²) in [5.74, 6) is -1.92. The van der Waals surface area contributed by atoms with Gasteiger partial charge in [0.25, 0.3) is 5.91 Å². The smallest absolute Gasteiger partial charge is 0.346 e. The predicted molar refractivity (Wildman–Crippen MR) is 150 cm³/mol. The Hall–Kier alpha value is -2.98. The van der Waals surface area contributed by atoms with Crippen LogP contribution in [0.3, 0.4) is 0 Å². The molecule has 40 heavy (non-hydrogen) atoms. The van der Waals surface area contributed by atoms with Gasteiger partial charge in [-0.2, -0.15) is 0 Å². The molecular formula is C26H38N4O9S. The van der Waals surface area contributed by atoms with Crippen molar-refractivity contribution in [1.82, 2.24) is 0 Å². The maximum atomic E-state index is 11.9. The number of aliphatic hydroxyl groups excluding tert-OH is 2. The van der Waals surface area contributed by atoms with Gasteiger partial charge >= 0.3 is 5.97 Å². The zero-order chi connectivity index (χ0) is 29.3. The minimum Gasteiger partial charge on any atom is -0.477 e. The third-order valence-electron chi connectivity index (χ3n) is 5.59. The fourth-order valence-electron chi connectivity index (χ4n) is 3.60. The van der Waals surface area contributed by atoms with Crippen LogP contribution in [0.5, 0.6) is 0 Å². The van der Waals surface area contributed by atoms with Crippen LogP contribution in [0.4, 0.5) is 16.4 Å². The number of carboxylic acid groups (broad SMARTS) is 1. The molecule has 0 saturated heterocycles. The molecule has 2 rings (SSSR count). The number of aromatic carboxylic acids is 1. The molecule has 0 aliphatic carbocycles. The quantitative estimate of drug-likeness (QED) is 0.126. The van der Waals surface area contributed by atoms with Crippen molar-refractivity contribution in [3.8, 4) is 0 Å². The molecule has 0 aliphatic heterocycles. The minimum absolute atomic E-state index is 0.00480. The highest BCUT2D eigenvalue weighted by Crippen LogP contribution is 2.36. The van der Waals surface area contributed by atoms with Crippen LogP contribution >= 0.6 is 11.3 Å². The van der Waals surface area contributed by atoms with Gasteiger partial charge in [0, 0.05) is 18.8 Å². The molecule has 0 radical (unpaired) electrons. The number of rotatable bonds is 21. The molecule has 0 atom stereocenters. The minimum atomic E-state index is -1.16. The number of hydrogen-bond acceptors (Lipinski definition) is 12. The molecule has 2 aromatic rings. The van der Waals surface area contributed by atoms with Gasteiger partial charge in [0.2, 0.25) is 0 Å². The Bertz CT molecular complexity index is 1090. The predicted octanol–water partition coefficient (Wildman–Crippen LogP) is 2.43. The highest BCUT2D eigenvalue weighted by atomic mass is 32.1. The van der Waals surface area contributed by atoms with Crippen LogP contribution in [-0.2, 0) is 18.9 Å². The maximum Gasteiger partial charge on any atom is 0.346 e. The number of anilines is 1. The first-order valence-electron chi connectivity index (χ1n) is 12.8. The molecule has 0 unspecified atom stereocenters. The van der Waals surface area contributed by atoms with Crippen molar-refractivity contribution in [3.63, 3.8) is 0 Å². The van der Waals surface area contributed by atoms with Crippen LogP contribution in [0.2, 0.25) is 0 Å². The van der Waals surface area contributed by atoms with Gasteiger partial charge in [-0.05, 0) is 43.2 Å². The molecule has 222 valence electrons. The van der Waals surface area contributed by atoms with E-state index >= 15 is 0 Å². The van der Waals surface area contributed by atoms with Crippen molar-refractivity contribution in [3.05, 3.63) is 39.8 Å². The lowest BCUT2D eigenvalue weighted by Crippen LogP contribution is -2.31. The Balaban J connectivity index is 2.10. The number of thiophene rings is 1. The van der Waals surface area contributed by atoms with E-state index in [1.807, 2.05) is 19.1 Å². The first kappa shape index (κ1) is 33.2. The number of nitrogens with zero attached hydrogens (tertiary/aromatic N) is 3. The van der Waals surface area contributed by atoms with Crippen LogP contribution in [-0.4, -0.2) is 106 Å². The molecular weight excluding hydrogens is 544 g/mol. The molecule has 0 fully saturated rings. The number of carbonyl (C=O) groups is 2. The number of primary amides is 1. The van der Waals surface area contributed by atoms with Gasteiger partial charge in [0.1, 0.15) is 4.88 Å². The molecule has 5 N–H and O–H groups in total. The molecule has 14 heteroatoms. The SMILES string of the molecule is Cc1cc(N(CCOCCOCCO)CCOCCOCCO)ccc1N=Nc1sc(C(=O)O)c(C)c1C(N)=O. The number of hydrogen-bond donors (Lipinski definition) is 4. The van der Waals surface area contributed by atoms with Crippen molar-refractivity contribution >= 4 is 39.6 Å². The highest BCUT2D eigenvalue weighted by molar-refractivity contribution is 7.18. The largest absolute Gasteiger partial charge is 0.477 e. The Labute approximate surface area is 237 Å². The number of ether oxygens (including phenoxy) is 4. The summed E-state index contributed by atoms with van der Waals surface area (Å²) < 4.78 is 21.7. The molecule has 1 aromatic heterocycles. The van der Waals surface area contributed by atoms with Gasteiger partial charge in [0.05, 0.1) is 77.3 Å². The fourth-order valence-corrected chi connectivity index (χ4v) is 4.58. The van der Waals surface area contributed by atoms with Crippen molar-refractivity contribution in [2.45, 2.75) is 13.8 Å². The molecule has 1 aromatic carbocycles. The summed E-state index contributed by atoms with van der Waals surface area (Å²) >= 11 is 0.851. The Kier molecular flexibility index (Phi) is 15.3. The number of carboxylic acids is 1. The van der Waals surface area contributed by atoms with Crippen LogP contribution < -0.4 is 10.6 Å². The number of benzene rings is 1. The van der Waals surface area contributed by atoms with Crippen molar-refractivity contribution in [2.24, 2.45) is 16.0 Å². The molecule has 1 amide bonds. The highest BCUT2D eigenvalue weighted by Gasteiger charge is 2.23. The summed E-state index contributed by atoms with van der Waals surface area (Å²) in [5.41, 5.74) is 8.05. The van der Waals surface area contributed by atoms with Gasteiger partial charge < -0.3 is 44.9 Å². The van der Waals surface area contributed by atoms with E-state index in [4.69, 9.17) is 34.9 Å². The molecule has 0 saturated carbocycles. The average molecular weight is 583 g/mol. The molecule has 0 aliphatic rings. The van der Waals surface area contributed by atoms with Crippen LogP contribution in [0, 0.1) is 13.8 Å². The van der Waals surface area contributed by atoms with E-state index in [0.717, 1.165) is 22.6 Å². The van der Waals surface area contributed by atoms with Gasteiger partial charge in [-0.1, -0.05) is 0 Å². The second-order valence-electron chi connectivity index (χ2n) is 8.46. The zero-order valence-electron chi connectivity index (χ0n) is 22.8. The zero-order valence-corrected chi connectivity index (χ0v) is 23.7. The van der Waals surface area contributed by atoms with Gasteiger partial charge in [0.15, 0.2) is 5.00 Å². The fraction of sp³-hybridized carbons (Fsp3) is 0.538. The van der Waals surface area contributed by atoms with Gasteiger partial charge in [-0.3, -0.25) is 4.79 Å². The monoisotopic (exact) mass is 582 g/mol. The average Bonchev–Trinajstić information content (AvgIpc) is 3.26. The first-order valence-corrected chi connectivity index (χ1v) is 13.6. The van der Waals surface area contributed by atoms with E-state index in [0.29, 0.717) is 58.4 Å². The van der Waals surface area contributed by atoms with Gasteiger partial charge in [-0.25, -0.2) is 4.79 Å². The molecule has 0 spiro atoms. The lowest BCUT2D eigenvalue weighted by atomic mass is 10.1. The van der Waals surface area contributed by atoms with E-state index in [1.54, 1.807) is 6.07 Å². The maximum absolute atomic E-state index is 11.9. The standard InChI is InChI=1S/C26H38N4O9S/c1-18-17-20(3-4-21(18)28-29-25-22(24(27)33)19(2)23(40-25)26(34)35)30(5-9-36-13-15-38-11-7-31)6-10-37-14-16-39-12-8-32/h3-4,17,31-32H,5-16H2,1-2H3,(H2,27,33)(H,34,35). The number of carbonyl (C=O) groups excluding carboxylic acids is 1. The summed E-state index contributed by atoms with van der Waals surface area (Å²) in [6, 6.07) is 5.62. The number of azo groups is 1. The lowest BCUT2D eigenvalue weighted by molar-refractivity contribution is 0.0316. The van der Waals surface area contributed by atoms with E-state index in [9.17, 15) is 14.7 Å². The van der Waals surface area contributed by atoms with Crippen molar-refractivity contribution in [1.29, 1.82) is 0 Å². The van der Waals surface area contributed by atoms with Crippen LogP contribution in [0.25, 0.3) is 0 Å². The second-order valence-corrected chi connectivity index (χ2v) is 9.46. The second kappa shape index (κ2) is 18.4. The molecule has 13 nitrogen and oxygen atoms in total. The van der Waals surface area contributed by atoms with E-state index in [-0.39, 0.29) is 47.4 Å². The van der Waals surface area contributed by atoms with Crippen LogP contribution in [0.1, 0.15) is 31.2 Å². The topological polar surface area (TPSA) is 186 Å². The van der Waals surface area contributed by atoms with E-state index in [1.165, 1.54) is 6.92 Å². The first-order chi connectivity index (χ1) is 19.3. The van der Waals surface area contributed by atoms with Crippen molar-refractivity contribution in [2.75, 3.05) is 84.1 Å². The summed E-state index contributed by atoms with van der Waals surface area (Å²) in [6.07, 6.45) is 0. The third kappa shape index (κ3) is 10.9. The van der Waals surface area contributed by atoms with Crippen molar-refractivity contribution < 1.29 is 43.9 Å². The Morgan fingerprint density at radius 2 is 1.43 bits per heavy atom. The molecule has 1 heterocycles. The Morgan fingerprint density at radius 3 is 1.90 bits per heavy atom. The van der Waals surface area contributed by atoms with E-state index < -0.39 is 11.9 Å². The number of aryl methyl sites for hydroxylation is 1. The summed E-state index contributed by atoms with van der Waals surface area (Å²) in [5, 5.41) is 35.5. The molecule has 0 bridgehead atoms. The van der Waals surface area contributed by atoms with Gasteiger partial charge in [-0.15, -0.1) is 21.6 Å². The third-order valence-corrected chi connectivity index (χ3v) is 6.75.